The van der Waals surface area contributed by atoms with Gasteiger partial charge in [0.2, 0.25) is 0 Å². The Hall–Kier alpha value is -0.490. The van der Waals surface area contributed by atoms with Crippen LogP contribution in [0.4, 0.5) is 5.69 Å². The van der Waals surface area contributed by atoms with E-state index >= 15 is 0 Å². The van der Waals surface area contributed by atoms with Gasteiger partial charge in [0.05, 0.1) is 16.3 Å². The summed E-state index contributed by atoms with van der Waals surface area (Å²) in [5, 5.41) is 8.77. The summed E-state index contributed by atoms with van der Waals surface area (Å²) in [5.41, 5.74) is 5.79. The van der Waals surface area contributed by atoms with Crippen molar-refractivity contribution in [2.75, 3.05) is 5.73 Å². The van der Waals surface area contributed by atoms with Crippen molar-refractivity contribution in [2.45, 2.75) is 0 Å². The Bertz CT molecular complexity index is 340. The van der Waals surface area contributed by atoms with Crippen molar-refractivity contribution in [3.63, 3.8) is 0 Å². The first kappa shape index (κ1) is 9.60. The minimum absolute atomic E-state index is 0.0427. The molecule has 1 aromatic rings. The third kappa shape index (κ3) is 1.81. The van der Waals surface area contributed by atoms with Crippen LogP contribution in [0.3, 0.4) is 0 Å². The van der Waals surface area contributed by atoms with Crippen LogP contribution in [0, 0.1) is 3.57 Å². The topological polar surface area (TPSA) is 63.3 Å². The van der Waals surface area contributed by atoms with Crippen LogP contribution in [0.2, 0.25) is 5.02 Å². The fourth-order valence-electron chi connectivity index (χ4n) is 0.766. The molecule has 3 N–H and O–H groups in total. The minimum atomic E-state index is -1.06. The molecule has 0 atom stereocenters. The third-order valence-corrected chi connectivity index (χ3v) is 2.34. The highest BCUT2D eigenvalue weighted by molar-refractivity contribution is 14.1. The molecular formula is C7H5ClINO2. The van der Waals surface area contributed by atoms with Crippen molar-refractivity contribution in [2.24, 2.45) is 0 Å². The highest BCUT2D eigenvalue weighted by atomic mass is 127. The first-order valence-corrected chi connectivity index (χ1v) is 4.46. The molecule has 0 saturated heterocycles. The largest absolute Gasteiger partial charge is 0.478 e. The van der Waals surface area contributed by atoms with Gasteiger partial charge in [0.15, 0.2) is 0 Å². The van der Waals surface area contributed by atoms with E-state index in [1.807, 2.05) is 22.6 Å². The Morgan fingerprint density at radius 2 is 2.17 bits per heavy atom. The number of carboxylic acid groups (broad SMARTS) is 1. The van der Waals surface area contributed by atoms with E-state index in [1.165, 1.54) is 6.07 Å². The molecule has 64 valence electrons. The van der Waals surface area contributed by atoms with Gasteiger partial charge in [-0.3, -0.25) is 0 Å². The number of aromatic carboxylic acids is 1. The van der Waals surface area contributed by atoms with Crippen molar-refractivity contribution >= 4 is 45.8 Å². The molecule has 0 spiro atoms. The van der Waals surface area contributed by atoms with Crippen molar-refractivity contribution in [3.05, 3.63) is 26.3 Å². The van der Waals surface area contributed by atoms with E-state index in [-0.39, 0.29) is 10.6 Å². The lowest BCUT2D eigenvalue weighted by atomic mass is 10.2. The number of carbonyl (C=O) groups is 1. The average Bonchev–Trinajstić information content (AvgIpc) is 1.96. The molecular weight excluding hydrogens is 292 g/mol. The van der Waals surface area contributed by atoms with Crippen LogP contribution in [-0.2, 0) is 0 Å². The van der Waals surface area contributed by atoms with E-state index < -0.39 is 5.97 Å². The summed E-state index contributed by atoms with van der Waals surface area (Å²) < 4.78 is 0.756. The Labute approximate surface area is 87.7 Å². The molecule has 0 heterocycles. The van der Waals surface area contributed by atoms with Gasteiger partial charge in [-0.25, -0.2) is 4.79 Å². The van der Waals surface area contributed by atoms with Gasteiger partial charge in [-0.05, 0) is 34.7 Å². The van der Waals surface area contributed by atoms with Crippen molar-refractivity contribution in [3.8, 4) is 0 Å². The predicted molar refractivity (Wildman–Crippen MR) is 55.5 cm³/mol. The van der Waals surface area contributed by atoms with Crippen LogP contribution in [0.5, 0.6) is 0 Å². The first-order valence-electron chi connectivity index (χ1n) is 3.00. The van der Waals surface area contributed by atoms with Crippen molar-refractivity contribution in [1.29, 1.82) is 0 Å². The molecule has 1 rings (SSSR count). The zero-order valence-corrected chi connectivity index (χ0v) is 8.76. The smallest absolute Gasteiger partial charge is 0.337 e. The van der Waals surface area contributed by atoms with E-state index in [1.54, 1.807) is 6.07 Å². The molecule has 3 nitrogen and oxygen atoms in total. The summed E-state index contributed by atoms with van der Waals surface area (Å²) >= 11 is 7.63. The second-order valence-electron chi connectivity index (χ2n) is 2.16. The lowest BCUT2D eigenvalue weighted by Gasteiger charge is -2.02. The first-order chi connectivity index (χ1) is 5.52. The summed E-state index contributed by atoms with van der Waals surface area (Å²) in [7, 11) is 0. The zero-order valence-electron chi connectivity index (χ0n) is 5.84. The highest BCUT2D eigenvalue weighted by Gasteiger charge is 2.11. The molecule has 0 aliphatic carbocycles. The van der Waals surface area contributed by atoms with Gasteiger partial charge in [0.1, 0.15) is 0 Å². The normalized spacial score (nSPS) is 9.83. The molecule has 5 heteroatoms. The average molecular weight is 297 g/mol. The number of hydrogen-bond acceptors (Lipinski definition) is 2. The number of carboxylic acids is 1. The van der Waals surface area contributed by atoms with Gasteiger partial charge < -0.3 is 10.8 Å². The predicted octanol–water partition coefficient (Wildman–Crippen LogP) is 2.23. The monoisotopic (exact) mass is 297 g/mol. The van der Waals surface area contributed by atoms with Crippen LogP contribution in [0.25, 0.3) is 0 Å². The van der Waals surface area contributed by atoms with E-state index in [0.717, 1.165) is 3.57 Å². The minimum Gasteiger partial charge on any atom is -0.478 e. The maximum atomic E-state index is 10.6. The number of nitrogen functional groups attached to an aromatic ring is 1. The molecule has 12 heavy (non-hydrogen) atoms. The summed E-state index contributed by atoms with van der Waals surface area (Å²) in [5.74, 6) is -1.06. The second-order valence-corrected chi connectivity index (χ2v) is 3.79. The number of anilines is 1. The molecule has 0 fully saturated rings. The second kappa shape index (κ2) is 3.49. The molecule has 0 radical (unpaired) electrons. The summed E-state index contributed by atoms with van der Waals surface area (Å²) in [6.45, 7) is 0. The Balaban J connectivity index is 3.37. The SMILES string of the molecule is Nc1cc(I)cc(C(=O)O)c1Cl. The summed E-state index contributed by atoms with van der Waals surface area (Å²) in [4.78, 5) is 10.6. The Kier molecular flexibility index (Phi) is 2.79. The third-order valence-electron chi connectivity index (χ3n) is 1.30. The van der Waals surface area contributed by atoms with Crippen LogP contribution in [-0.4, -0.2) is 11.1 Å². The van der Waals surface area contributed by atoms with Gasteiger partial charge in [0.25, 0.3) is 0 Å². The van der Waals surface area contributed by atoms with Crippen LogP contribution in [0.1, 0.15) is 10.4 Å². The number of rotatable bonds is 1. The van der Waals surface area contributed by atoms with E-state index in [0.29, 0.717) is 5.69 Å². The van der Waals surface area contributed by atoms with Crippen molar-refractivity contribution in [1.82, 2.24) is 0 Å². The highest BCUT2D eigenvalue weighted by Crippen LogP contribution is 2.25. The number of halogens is 2. The molecule has 0 bridgehead atoms. The molecule has 0 unspecified atom stereocenters. The summed E-state index contributed by atoms with van der Waals surface area (Å²) in [6, 6.07) is 3.09. The fraction of sp³-hybridized carbons (Fsp3) is 0. The van der Waals surface area contributed by atoms with Crippen molar-refractivity contribution < 1.29 is 9.90 Å². The van der Waals surface area contributed by atoms with Crippen LogP contribution < -0.4 is 5.73 Å². The van der Waals surface area contributed by atoms with E-state index in [4.69, 9.17) is 22.4 Å². The Morgan fingerprint density at radius 3 is 2.67 bits per heavy atom. The zero-order chi connectivity index (χ0) is 9.30. The lowest BCUT2D eigenvalue weighted by molar-refractivity contribution is 0.0697. The molecule has 1 aromatic carbocycles. The van der Waals surface area contributed by atoms with E-state index in [9.17, 15) is 4.79 Å². The summed E-state index contributed by atoms with van der Waals surface area (Å²) in [6.07, 6.45) is 0. The molecule has 0 saturated carbocycles. The van der Waals surface area contributed by atoms with Gasteiger partial charge >= 0.3 is 5.97 Å². The number of nitrogens with two attached hydrogens (primary N) is 1. The fourth-order valence-corrected chi connectivity index (χ4v) is 1.60. The number of benzene rings is 1. The Morgan fingerprint density at radius 1 is 1.58 bits per heavy atom. The quantitative estimate of drug-likeness (QED) is 0.617. The molecule has 0 aliphatic rings. The van der Waals surface area contributed by atoms with Gasteiger partial charge in [0, 0.05) is 3.57 Å². The van der Waals surface area contributed by atoms with Crippen LogP contribution in [0.15, 0.2) is 12.1 Å². The lowest BCUT2D eigenvalue weighted by Crippen LogP contribution is -2.00. The maximum absolute atomic E-state index is 10.6. The molecule has 0 amide bonds. The van der Waals surface area contributed by atoms with Crippen LogP contribution >= 0.6 is 34.2 Å². The van der Waals surface area contributed by atoms with Gasteiger partial charge in [-0.2, -0.15) is 0 Å². The van der Waals surface area contributed by atoms with Gasteiger partial charge in [-0.1, -0.05) is 11.6 Å². The van der Waals surface area contributed by atoms with E-state index in [2.05, 4.69) is 0 Å². The number of hydrogen-bond donors (Lipinski definition) is 2. The molecule has 0 aromatic heterocycles. The standard InChI is InChI=1S/C7H5ClINO2/c8-6-4(7(11)12)1-3(9)2-5(6)10/h1-2H,10H2,(H,11,12). The molecule has 0 aliphatic heterocycles. The van der Waals surface area contributed by atoms with Gasteiger partial charge in [-0.15, -0.1) is 0 Å². The maximum Gasteiger partial charge on any atom is 0.337 e.